The summed E-state index contributed by atoms with van der Waals surface area (Å²) in [5.41, 5.74) is 1.45. The van der Waals surface area contributed by atoms with Gasteiger partial charge in [0.05, 0.1) is 11.5 Å². The minimum absolute atomic E-state index is 0.0995. The van der Waals surface area contributed by atoms with Gasteiger partial charge in [0.25, 0.3) is 5.69 Å². The minimum Gasteiger partial charge on any atom is -0.383 e. The van der Waals surface area contributed by atoms with E-state index >= 15 is 0 Å². The molecule has 7 nitrogen and oxygen atoms in total. The van der Waals surface area contributed by atoms with E-state index in [-0.39, 0.29) is 10.6 Å². The maximum Gasteiger partial charge on any atom is 0.273 e. The Labute approximate surface area is 126 Å². The van der Waals surface area contributed by atoms with Gasteiger partial charge in [-0.1, -0.05) is 23.5 Å². The summed E-state index contributed by atoms with van der Waals surface area (Å²) >= 11 is 1.42. The van der Waals surface area contributed by atoms with Gasteiger partial charge in [-0.2, -0.15) is 0 Å². The minimum atomic E-state index is -0.382. The van der Waals surface area contributed by atoms with Crippen molar-refractivity contribution in [1.29, 1.82) is 0 Å². The lowest BCUT2D eigenvalue weighted by Gasteiger charge is -2.00. The summed E-state index contributed by atoms with van der Waals surface area (Å²) in [5.74, 6) is 0. The lowest BCUT2D eigenvalue weighted by Crippen LogP contribution is -2.18. The molecule has 1 aromatic heterocycles. The lowest BCUT2D eigenvalue weighted by atomic mass is 10.1. The van der Waals surface area contributed by atoms with Gasteiger partial charge >= 0.3 is 0 Å². The zero-order valence-electron chi connectivity index (χ0n) is 11.8. The van der Waals surface area contributed by atoms with Crippen LogP contribution in [0.25, 0.3) is 10.6 Å². The third-order valence-electron chi connectivity index (χ3n) is 2.88. The van der Waals surface area contributed by atoms with Gasteiger partial charge in [-0.3, -0.25) is 10.1 Å². The van der Waals surface area contributed by atoms with E-state index in [1.165, 1.54) is 17.4 Å². The summed E-state index contributed by atoms with van der Waals surface area (Å²) in [6.45, 7) is 3.69. The van der Waals surface area contributed by atoms with E-state index in [0.717, 1.165) is 11.6 Å². The number of aryl methyl sites for hydroxylation is 1. The van der Waals surface area contributed by atoms with E-state index in [1.807, 2.05) is 6.07 Å². The highest BCUT2D eigenvalue weighted by Crippen LogP contribution is 2.28. The molecule has 0 atom stereocenters. The van der Waals surface area contributed by atoms with Crippen LogP contribution in [0.3, 0.4) is 0 Å². The first-order valence-electron chi connectivity index (χ1n) is 6.39. The molecule has 0 amide bonds. The fourth-order valence-corrected chi connectivity index (χ4v) is 2.56. The van der Waals surface area contributed by atoms with Crippen LogP contribution in [0.4, 0.5) is 5.69 Å². The first-order chi connectivity index (χ1) is 10.1. The summed E-state index contributed by atoms with van der Waals surface area (Å²) in [7, 11) is 1.65. The van der Waals surface area contributed by atoms with E-state index in [1.54, 1.807) is 20.1 Å². The molecule has 0 fully saturated rings. The predicted octanol–water partition coefficient (Wildman–Crippen LogP) is 2.16. The Morgan fingerprint density at radius 1 is 1.43 bits per heavy atom. The highest BCUT2D eigenvalue weighted by Gasteiger charge is 2.14. The zero-order chi connectivity index (χ0) is 15.2. The Kier molecular flexibility index (Phi) is 5.32. The Bertz CT molecular complexity index is 630. The molecule has 0 aliphatic carbocycles. The molecule has 0 saturated heterocycles. The number of methoxy groups -OCH3 is 1. The van der Waals surface area contributed by atoms with Crippen molar-refractivity contribution in [2.24, 2.45) is 0 Å². The Balaban J connectivity index is 2.10. The quantitative estimate of drug-likeness (QED) is 0.479. The van der Waals surface area contributed by atoms with Gasteiger partial charge in [-0.05, 0) is 6.92 Å². The molecule has 8 heteroatoms. The van der Waals surface area contributed by atoms with Crippen LogP contribution >= 0.6 is 11.3 Å². The topological polar surface area (TPSA) is 90.2 Å². The van der Waals surface area contributed by atoms with Crippen LogP contribution in [0.5, 0.6) is 0 Å². The number of nitro groups is 1. The third kappa shape index (κ3) is 4.03. The van der Waals surface area contributed by atoms with Crippen LogP contribution in [0.2, 0.25) is 0 Å². The lowest BCUT2D eigenvalue weighted by molar-refractivity contribution is -0.385. The molecule has 0 radical (unpaired) electrons. The molecule has 2 aromatic rings. The molecule has 21 heavy (non-hydrogen) atoms. The van der Waals surface area contributed by atoms with Crippen molar-refractivity contribution in [1.82, 2.24) is 15.5 Å². The molecule has 0 aliphatic heterocycles. The smallest absolute Gasteiger partial charge is 0.273 e. The number of hydrogen-bond donors (Lipinski definition) is 1. The number of aromatic nitrogens is 2. The Hall–Kier alpha value is -1.90. The molecular formula is C13H16N4O3S. The number of nitro benzene ring substituents is 1. The SMILES string of the molecule is COCCNCc1nnc(-c2ccc(C)c([N+](=O)[O-])c2)s1. The van der Waals surface area contributed by atoms with Crippen LogP contribution in [0.1, 0.15) is 10.6 Å². The van der Waals surface area contributed by atoms with Gasteiger partial charge in [0.15, 0.2) is 0 Å². The number of hydrogen-bond acceptors (Lipinski definition) is 7. The van der Waals surface area contributed by atoms with Gasteiger partial charge in [-0.15, -0.1) is 10.2 Å². The number of ether oxygens (including phenoxy) is 1. The Morgan fingerprint density at radius 3 is 2.95 bits per heavy atom. The molecule has 0 spiro atoms. The van der Waals surface area contributed by atoms with Gasteiger partial charge in [-0.25, -0.2) is 0 Å². The fourth-order valence-electron chi connectivity index (χ4n) is 1.75. The third-order valence-corrected chi connectivity index (χ3v) is 3.85. The monoisotopic (exact) mass is 308 g/mol. The molecule has 0 bridgehead atoms. The van der Waals surface area contributed by atoms with Gasteiger partial charge in [0.2, 0.25) is 0 Å². The van der Waals surface area contributed by atoms with Gasteiger partial charge < -0.3 is 10.1 Å². The number of rotatable bonds is 7. The number of benzene rings is 1. The predicted molar refractivity (Wildman–Crippen MR) is 80.3 cm³/mol. The highest BCUT2D eigenvalue weighted by atomic mass is 32.1. The average Bonchev–Trinajstić information content (AvgIpc) is 2.92. The molecule has 1 N–H and O–H groups in total. The molecule has 1 aromatic carbocycles. The number of nitrogens with one attached hydrogen (secondary N) is 1. The van der Waals surface area contributed by atoms with E-state index in [0.29, 0.717) is 29.3 Å². The second-order valence-corrected chi connectivity index (χ2v) is 5.49. The molecular weight excluding hydrogens is 292 g/mol. The molecule has 0 saturated carbocycles. The van der Waals surface area contributed by atoms with Crippen LogP contribution < -0.4 is 5.32 Å². The first-order valence-corrected chi connectivity index (χ1v) is 7.21. The first kappa shape index (κ1) is 15.5. The van der Waals surface area contributed by atoms with Crippen molar-refractivity contribution >= 4 is 17.0 Å². The maximum atomic E-state index is 11.0. The van der Waals surface area contributed by atoms with Gasteiger partial charge in [0.1, 0.15) is 10.0 Å². The molecule has 112 valence electrons. The van der Waals surface area contributed by atoms with E-state index < -0.39 is 0 Å². The van der Waals surface area contributed by atoms with Crippen molar-refractivity contribution in [2.75, 3.05) is 20.3 Å². The van der Waals surface area contributed by atoms with Crippen molar-refractivity contribution in [2.45, 2.75) is 13.5 Å². The molecule has 0 unspecified atom stereocenters. The van der Waals surface area contributed by atoms with Crippen molar-refractivity contribution in [3.63, 3.8) is 0 Å². The highest BCUT2D eigenvalue weighted by molar-refractivity contribution is 7.14. The Morgan fingerprint density at radius 2 is 2.24 bits per heavy atom. The normalized spacial score (nSPS) is 10.8. The van der Waals surface area contributed by atoms with Gasteiger partial charge in [0, 0.05) is 37.4 Å². The van der Waals surface area contributed by atoms with Crippen molar-refractivity contribution in [3.8, 4) is 10.6 Å². The van der Waals surface area contributed by atoms with Crippen LogP contribution in [-0.2, 0) is 11.3 Å². The van der Waals surface area contributed by atoms with Crippen LogP contribution in [0.15, 0.2) is 18.2 Å². The van der Waals surface area contributed by atoms with E-state index in [4.69, 9.17) is 4.74 Å². The summed E-state index contributed by atoms with van der Waals surface area (Å²) in [4.78, 5) is 10.6. The van der Waals surface area contributed by atoms with Crippen LogP contribution in [-0.4, -0.2) is 35.4 Å². The summed E-state index contributed by atoms with van der Waals surface area (Å²) in [6.07, 6.45) is 0. The zero-order valence-corrected chi connectivity index (χ0v) is 12.6. The summed E-state index contributed by atoms with van der Waals surface area (Å²) in [5, 5.41) is 23.8. The van der Waals surface area contributed by atoms with Crippen LogP contribution in [0, 0.1) is 17.0 Å². The molecule has 2 rings (SSSR count). The van der Waals surface area contributed by atoms with E-state index in [2.05, 4.69) is 15.5 Å². The van der Waals surface area contributed by atoms with Crippen molar-refractivity contribution < 1.29 is 9.66 Å². The van der Waals surface area contributed by atoms with Crippen molar-refractivity contribution in [3.05, 3.63) is 38.9 Å². The second kappa shape index (κ2) is 7.21. The summed E-state index contributed by atoms with van der Waals surface area (Å²) in [6, 6.07) is 5.09. The van der Waals surface area contributed by atoms with E-state index in [9.17, 15) is 10.1 Å². The molecule has 1 heterocycles. The largest absolute Gasteiger partial charge is 0.383 e. The second-order valence-electron chi connectivity index (χ2n) is 4.43. The fraction of sp³-hybridized carbons (Fsp3) is 0.385. The average molecular weight is 308 g/mol. The summed E-state index contributed by atoms with van der Waals surface area (Å²) < 4.78 is 4.94. The maximum absolute atomic E-state index is 11.0. The molecule has 0 aliphatic rings. The standard InChI is InChI=1S/C13H16N4O3S/c1-9-3-4-10(7-11(9)17(18)19)13-16-15-12(21-13)8-14-5-6-20-2/h3-4,7,14H,5-6,8H2,1-2H3. The number of nitrogens with zero attached hydrogens (tertiary/aromatic N) is 3.